The first kappa shape index (κ1) is 23.7. The lowest BCUT2D eigenvalue weighted by Crippen LogP contribution is -2.30. The number of ether oxygens (including phenoxy) is 1. The van der Waals surface area contributed by atoms with Crippen LogP contribution >= 0.6 is 0 Å². The van der Waals surface area contributed by atoms with Gasteiger partial charge in [-0.15, -0.1) is 10.2 Å². The topological polar surface area (TPSA) is 72.3 Å². The van der Waals surface area contributed by atoms with Crippen molar-refractivity contribution in [2.75, 3.05) is 19.7 Å². The molecule has 34 heavy (non-hydrogen) atoms. The van der Waals surface area contributed by atoms with Gasteiger partial charge in [0.25, 0.3) is 0 Å². The molecule has 3 aromatic rings. The maximum atomic E-state index is 12.5. The third-order valence-corrected chi connectivity index (χ3v) is 6.12. The van der Waals surface area contributed by atoms with Crippen molar-refractivity contribution < 1.29 is 9.53 Å². The Morgan fingerprint density at radius 3 is 2.74 bits per heavy atom. The van der Waals surface area contributed by atoms with Crippen LogP contribution in [0.2, 0.25) is 0 Å². The van der Waals surface area contributed by atoms with Crippen LogP contribution in [0.25, 0.3) is 0 Å². The van der Waals surface area contributed by atoms with Gasteiger partial charge in [0.2, 0.25) is 5.91 Å². The molecule has 178 valence electrons. The summed E-state index contributed by atoms with van der Waals surface area (Å²) in [6, 6.07) is 18.0. The van der Waals surface area contributed by atoms with Crippen molar-refractivity contribution in [2.45, 2.75) is 45.3 Å². The fraction of sp³-hybridized carbons (Fsp3) is 0.370. The molecule has 0 saturated heterocycles. The highest BCUT2D eigenvalue weighted by Gasteiger charge is 2.23. The quantitative estimate of drug-likeness (QED) is 0.468. The van der Waals surface area contributed by atoms with Crippen molar-refractivity contribution in [3.63, 3.8) is 0 Å². The van der Waals surface area contributed by atoms with Gasteiger partial charge >= 0.3 is 0 Å². The standard InChI is InChI=1S/C27H33N5O2/c1-3-19-34-24-12-8-7-11-23(24)20-31-16-15-25-29-30-27(32(25)18-17-31)21(2)28-26(33)14-13-22-9-5-4-6-10-22/h3-12,21H,1,13-20H2,2H3,(H,28,33). The third kappa shape index (κ3) is 6.11. The normalized spacial score (nSPS) is 14.6. The molecule has 0 bridgehead atoms. The minimum atomic E-state index is -0.191. The van der Waals surface area contributed by atoms with Crippen LogP contribution in [0.15, 0.2) is 67.3 Å². The van der Waals surface area contributed by atoms with Gasteiger partial charge in [-0.1, -0.05) is 61.2 Å². The number of nitrogens with zero attached hydrogens (tertiary/aromatic N) is 4. The number of aryl methyl sites for hydroxylation is 1. The Kier molecular flexibility index (Phi) is 8.09. The summed E-state index contributed by atoms with van der Waals surface area (Å²) in [6.07, 6.45) is 3.76. The molecule has 4 rings (SSSR count). The number of hydrogen-bond donors (Lipinski definition) is 1. The molecule has 1 amide bonds. The highest BCUT2D eigenvalue weighted by molar-refractivity contribution is 5.76. The molecule has 7 heteroatoms. The lowest BCUT2D eigenvalue weighted by molar-refractivity contribution is -0.121. The van der Waals surface area contributed by atoms with Gasteiger partial charge in [-0.3, -0.25) is 9.69 Å². The van der Waals surface area contributed by atoms with Crippen molar-refractivity contribution in [3.8, 4) is 5.75 Å². The highest BCUT2D eigenvalue weighted by atomic mass is 16.5. The van der Waals surface area contributed by atoms with Gasteiger partial charge in [0.15, 0.2) is 5.82 Å². The van der Waals surface area contributed by atoms with Crippen molar-refractivity contribution in [2.24, 2.45) is 0 Å². The van der Waals surface area contributed by atoms with E-state index in [4.69, 9.17) is 4.74 Å². The Morgan fingerprint density at radius 1 is 1.12 bits per heavy atom. The maximum absolute atomic E-state index is 12.5. The van der Waals surface area contributed by atoms with Gasteiger partial charge in [-0.2, -0.15) is 0 Å². The number of hydrogen-bond acceptors (Lipinski definition) is 5. The minimum Gasteiger partial charge on any atom is -0.489 e. The molecule has 2 heterocycles. The first-order chi connectivity index (χ1) is 16.6. The summed E-state index contributed by atoms with van der Waals surface area (Å²) in [4.78, 5) is 14.9. The van der Waals surface area contributed by atoms with E-state index in [2.05, 4.69) is 37.6 Å². The van der Waals surface area contributed by atoms with E-state index in [1.54, 1.807) is 6.08 Å². The van der Waals surface area contributed by atoms with Gasteiger partial charge in [0.05, 0.1) is 6.04 Å². The van der Waals surface area contributed by atoms with Crippen LogP contribution in [0.4, 0.5) is 0 Å². The summed E-state index contributed by atoms with van der Waals surface area (Å²) in [5, 5.41) is 12.0. The van der Waals surface area contributed by atoms with Gasteiger partial charge in [0.1, 0.15) is 18.2 Å². The van der Waals surface area contributed by atoms with E-state index < -0.39 is 0 Å². The summed E-state index contributed by atoms with van der Waals surface area (Å²) in [6.45, 7) is 9.59. The Labute approximate surface area is 201 Å². The zero-order valence-electron chi connectivity index (χ0n) is 19.8. The Balaban J connectivity index is 1.34. The van der Waals surface area contributed by atoms with E-state index in [1.807, 2.05) is 55.5 Å². The lowest BCUT2D eigenvalue weighted by atomic mass is 10.1. The number of amides is 1. The van der Waals surface area contributed by atoms with Gasteiger partial charge < -0.3 is 14.6 Å². The Morgan fingerprint density at radius 2 is 1.91 bits per heavy atom. The number of carbonyl (C=O) groups is 1. The van der Waals surface area contributed by atoms with Crippen LogP contribution < -0.4 is 10.1 Å². The fourth-order valence-corrected chi connectivity index (χ4v) is 4.31. The molecular formula is C27H33N5O2. The zero-order valence-corrected chi connectivity index (χ0v) is 19.8. The van der Waals surface area contributed by atoms with Crippen molar-refractivity contribution in [3.05, 3.63) is 90.0 Å². The number of benzene rings is 2. The molecule has 2 aromatic carbocycles. The molecule has 1 aromatic heterocycles. The number of carbonyl (C=O) groups excluding carboxylic acids is 1. The second kappa shape index (κ2) is 11.6. The molecule has 0 radical (unpaired) electrons. The van der Waals surface area contributed by atoms with Crippen LogP contribution in [-0.4, -0.2) is 45.3 Å². The van der Waals surface area contributed by atoms with Crippen LogP contribution in [0.5, 0.6) is 5.75 Å². The van der Waals surface area contributed by atoms with E-state index in [-0.39, 0.29) is 11.9 Å². The summed E-state index contributed by atoms with van der Waals surface area (Å²) in [7, 11) is 0. The molecule has 1 aliphatic rings. The third-order valence-electron chi connectivity index (χ3n) is 6.12. The number of nitrogens with one attached hydrogen (secondary N) is 1. The second-order valence-electron chi connectivity index (χ2n) is 8.63. The van der Waals surface area contributed by atoms with E-state index in [9.17, 15) is 4.79 Å². The number of para-hydroxylation sites is 1. The zero-order chi connectivity index (χ0) is 23.8. The van der Waals surface area contributed by atoms with Gasteiger partial charge in [-0.25, -0.2) is 0 Å². The Bertz CT molecular complexity index is 1100. The monoisotopic (exact) mass is 459 g/mol. The van der Waals surface area contributed by atoms with E-state index in [0.29, 0.717) is 13.0 Å². The minimum absolute atomic E-state index is 0.0279. The first-order valence-corrected chi connectivity index (χ1v) is 11.9. The first-order valence-electron chi connectivity index (χ1n) is 11.9. The molecule has 0 spiro atoms. The highest BCUT2D eigenvalue weighted by Crippen LogP contribution is 2.22. The average Bonchev–Trinajstić information content (AvgIpc) is 3.17. The molecule has 0 fully saturated rings. The van der Waals surface area contributed by atoms with E-state index >= 15 is 0 Å². The molecule has 0 saturated carbocycles. The molecule has 1 atom stereocenters. The predicted molar refractivity (Wildman–Crippen MR) is 132 cm³/mol. The predicted octanol–water partition coefficient (Wildman–Crippen LogP) is 3.71. The number of fused-ring (bicyclic) bond motifs is 1. The van der Waals surface area contributed by atoms with Crippen molar-refractivity contribution in [1.82, 2.24) is 25.0 Å². The van der Waals surface area contributed by atoms with Gasteiger partial charge in [0, 0.05) is 44.6 Å². The molecular weight excluding hydrogens is 426 g/mol. The molecule has 1 unspecified atom stereocenters. The summed E-state index contributed by atoms with van der Waals surface area (Å²) >= 11 is 0. The SMILES string of the molecule is C=CCOc1ccccc1CN1CCc2nnc(C(C)NC(=O)CCc3ccccc3)n2CC1. The van der Waals surface area contributed by atoms with Crippen LogP contribution in [0.3, 0.4) is 0 Å². The largest absolute Gasteiger partial charge is 0.489 e. The molecule has 1 aliphatic heterocycles. The van der Waals surface area contributed by atoms with E-state index in [1.165, 1.54) is 11.1 Å². The maximum Gasteiger partial charge on any atom is 0.220 e. The van der Waals surface area contributed by atoms with Crippen molar-refractivity contribution >= 4 is 5.91 Å². The number of rotatable bonds is 10. The second-order valence-corrected chi connectivity index (χ2v) is 8.63. The van der Waals surface area contributed by atoms with E-state index in [0.717, 1.165) is 56.4 Å². The van der Waals surface area contributed by atoms with Crippen LogP contribution in [-0.2, 0) is 30.7 Å². The molecule has 0 aliphatic carbocycles. The van der Waals surface area contributed by atoms with Gasteiger partial charge in [-0.05, 0) is 25.0 Å². The fourth-order valence-electron chi connectivity index (χ4n) is 4.31. The smallest absolute Gasteiger partial charge is 0.220 e. The average molecular weight is 460 g/mol. The number of aromatic nitrogens is 3. The summed E-state index contributed by atoms with van der Waals surface area (Å²) in [5.74, 6) is 2.72. The Hall–Kier alpha value is -3.45. The van der Waals surface area contributed by atoms with Crippen LogP contribution in [0.1, 0.15) is 42.2 Å². The van der Waals surface area contributed by atoms with Crippen LogP contribution in [0, 0.1) is 0 Å². The van der Waals surface area contributed by atoms with Crippen molar-refractivity contribution in [1.29, 1.82) is 0 Å². The summed E-state index contributed by atoms with van der Waals surface area (Å²) < 4.78 is 8.00. The lowest BCUT2D eigenvalue weighted by Gasteiger charge is -2.21. The molecule has 1 N–H and O–H groups in total. The summed E-state index contributed by atoms with van der Waals surface area (Å²) in [5.41, 5.74) is 2.33. The molecule has 7 nitrogen and oxygen atoms in total.